The van der Waals surface area contributed by atoms with Crippen molar-refractivity contribution >= 4 is 17.1 Å². The van der Waals surface area contributed by atoms with Gasteiger partial charge in [0.1, 0.15) is 11.3 Å². The fourth-order valence-corrected chi connectivity index (χ4v) is 4.14. The van der Waals surface area contributed by atoms with Gasteiger partial charge in [0.2, 0.25) is 0 Å². The predicted octanol–water partition coefficient (Wildman–Crippen LogP) is 4.82. The number of pyridine rings is 1. The van der Waals surface area contributed by atoms with Crippen LogP contribution in [0.5, 0.6) is 0 Å². The highest BCUT2D eigenvalue weighted by Gasteiger charge is 2.17. The van der Waals surface area contributed by atoms with Gasteiger partial charge in [0.15, 0.2) is 5.65 Å². The maximum absolute atomic E-state index is 12.7. The first kappa shape index (κ1) is 18.7. The second-order valence-electron chi connectivity index (χ2n) is 7.73. The number of fused-ring (bicyclic) bond motifs is 1. The maximum atomic E-state index is 12.7. The van der Waals surface area contributed by atoms with Crippen LogP contribution in [0.25, 0.3) is 22.6 Å². The Kier molecular flexibility index (Phi) is 5.70. The average Bonchev–Trinajstić information content (AvgIpc) is 3.12. The summed E-state index contributed by atoms with van der Waals surface area (Å²) in [6.45, 7) is 3.77. The van der Waals surface area contributed by atoms with Gasteiger partial charge in [-0.15, -0.1) is 0 Å². The smallest absolute Gasteiger partial charge is 0.251 e. The molecule has 0 bridgehead atoms. The normalized spacial score (nSPS) is 15.0. The molecule has 0 saturated heterocycles. The standard InChI is InChI=1S/C23H28N4O/c1-2-14-27-21(26-20-12-7-13-24-22(20)27)18-10-6-11-19(15-18)23(28)25-16-17-8-4-3-5-9-17/h6-7,10-13,15,17H,2-5,8-9,14,16H2,1H3,(H,25,28). The molecule has 1 N–H and O–H groups in total. The summed E-state index contributed by atoms with van der Waals surface area (Å²) in [7, 11) is 0. The second-order valence-corrected chi connectivity index (χ2v) is 7.73. The fraction of sp³-hybridized carbons (Fsp3) is 0.435. The summed E-state index contributed by atoms with van der Waals surface area (Å²) in [5.41, 5.74) is 3.43. The quantitative estimate of drug-likeness (QED) is 0.671. The molecule has 1 amide bonds. The number of benzene rings is 1. The molecule has 0 atom stereocenters. The topological polar surface area (TPSA) is 59.8 Å². The Morgan fingerprint density at radius 2 is 2.04 bits per heavy atom. The van der Waals surface area contributed by atoms with Crippen molar-refractivity contribution in [3.05, 3.63) is 48.2 Å². The van der Waals surface area contributed by atoms with Gasteiger partial charge >= 0.3 is 0 Å². The van der Waals surface area contributed by atoms with E-state index >= 15 is 0 Å². The zero-order valence-corrected chi connectivity index (χ0v) is 16.5. The molecule has 146 valence electrons. The van der Waals surface area contributed by atoms with Crippen LogP contribution in [0.4, 0.5) is 0 Å². The van der Waals surface area contributed by atoms with E-state index in [1.54, 1.807) is 6.20 Å². The molecule has 0 spiro atoms. The van der Waals surface area contributed by atoms with Crippen molar-refractivity contribution in [1.82, 2.24) is 19.9 Å². The van der Waals surface area contributed by atoms with Gasteiger partial charge in [-0.05, 0) is 49.4 Å². The first-order chi connectivity index (χ1) is 13.8. The number of carbonyl (C=O) groups excluding carboxylic acids is 1. The predicted molar refractivity (Wildman–Crippen MR) is 112 cm³/mol. The Morgan fingerprint density at radius 1 is 1.18 bits per heavy atom. The van der Waals surface area contributed by atoms with Crippen LogP contribution in [0.3, 0.4) is 0 Å². The van der Waals surface area contributed by atoms with E-state index in [0.29, 0.717) is 11.5 Å². The van der Waals surface area contributed by atoms with E-state index in [1.807, 2.05) is 36.4 Å². The summed E-state index contributed by atoms with van der Waals surface area (Å²) >= 11 is 0. The molecular weight excluding hydrogens is 348 g/mol. The van der Waals surface area contributed by atoms with Crippen molar-refractivity contribution in [1.29, 1.82) is 0 Å². The lowest BCUT2D eigenvalue weighted by Crippen LogP contribution is -2.30. The highest BCUT2D eigenvalue weighted by atomic mass is 16.1. The molecule has 3 aromatic rings. The first-order valence-corrected chi connectivity index (χ1v) is 10.5. The Balaban J connectivity index is 1.57. The van der Waals surface area contributed by atoms with E-state index in [4.69, 9.17) is 4.98 Å². The lowest BCUT2D eigenvalue weighted by molar-refractivity contribution is 0.0943. The third-order valence-corrected chi connectivity index (χ3v) is 5.61. The molecule has 0 unspecified atom stereocenters. The number of amides is 1. The molecule has 1 saturated carbocycles. The number of rotatable bonds is 6. The number of aromatic nitrogens is 3. The van der Waals surface area contributed by atoms with Crippen LogP contribution in [0.1, 0.15) is 55.8 Å². The minimum atomic E-state index is 0.00343. The molecule has 28 heavy (non-hydrogen) atoms. The minimum Gasteiger partial charge on any atom is -0.352 e. The van der Waals surface area contributed by atoms with E-state index in [-0.39, 0.29) is 5.91 Å². The number of hydrogen-bond acceptors (Lipinski definition) is 3. The van der Waals surface area contributed by atoms with Crippen LogP contribution in [-0.4, -0.2) is 27.0 Å². The molecular formula is C23H28N4O. The van der Waals surface area contributed by atoms with Crippen LogP contribution in [0.15, 0.2) is 42.6 Å². The van der Waals surface area contributed by atoms with Crippen molar-refractivity contribution in [2.75, 3.05) is 6.54 Å². The second kappa shape index (κ2) is 8.55. The zero-order chi connectivity index (χ0) is 19.3. The van der Waals surface area contributed by atoms with Crippen LogP contribution in [0.2, 0.25) is 0 Å². The largest absolute Gasteiger partial charge is 0.352 e. The lowest BCUT2D eigenvalue weighted by atomic mass is 9.89. The SMILES string of the molecule is CCCn1c(-c2cccc(C(=O)NCC3CCCCC3)c2)nc2cccnc21. The summed E-state index contributed by atoms with van der Waals surface area (Å²) in [5, 5.41) is 3.14. The summed E-state index contributed by atoms with van der Waals surface area (Å²) in [6.07, 6.45) is 9.17. The van der Waals surface area contributed by atoms with E-state index in [1.165, 1.54) is 32.1 Å². The fourth-order valence-electron chi connectivity index (χ4n) is 4.14. The highest BCUT2D eigenvalue weighted by molar-refractivity contribution is 5.95. The molecule has 1 aromatic carbocycles. The van der Waals surface area contributed by atoms with Crippen LogP contribution in [0, 0.1) is 5.92 Å². The van der Waals surface area contributed by atoms with E-state index in [0.717, 1.165) is 42.1 Å². The van der Waals surface area contributed by atoms with E-state index < -0.39 is 0 Å². The Labute approximate surface area is 166 Å². The molecule has 2 heterocycles. The number of carbonyl (C=O) groups is 1. The molecule has 1 aliphatic rings. The first-order valence-electron chi connectivity index (χ1n) is 10.5. The highest BCUT2D eigenvalue weighted by Crippen LogP contribution is 2.25. The summed E-state index contributed by atoms with van der Waals surface area (Å²) in [4.78, 5) is 22.0. The third kappa shape index (κ3) is 3.93. The molecule has 5 nitrogen and oxygen atoms in total. The van der Waals surface area contributed by atoms with Crippen LogP contribution >= 0.6 is 0 Å². The molecule has 1 fully saturated rings. The van der Waals surface area contributed by atoms with Gasteiger partial charge in [0.05, 0.1) is 0 Å². The van der Waals surface area contributed by atoms with Crippen molar-refractivity contribution in [2.24, 2.45) is 5.92 Å². The molecule has 5 heteroatoms. The molecule has 0 radical (unpaired) electrons. The maximum Gasteiger partial charge on any atom is 0.251 e. The van der Waals surface area contributed by atoms with Crippen molar-refractivity contribution in [3.63, 3.8) is 0 Å². The minimum absolute atomic E-state index is 0.00343. The van der Waals surface area contributed by atoms with Crippen molar-refractivity contribution in [3.8, 4) is 11.4 Å². The Hall–Kier alpha value is -2.69. The zero-order valence-electron chi connectivity index (χ0n) is 16.5. The van der Waals surface area contributed by atoms with Gasteiger partial charge in [-0.2, -0.15) is 0 Å². The molecule has 0 aliphatic heterocycles. The monoisotopic (exact) mass is 376 g/mol. The average molecular weight is 377 g/mol. The third-order valence-electron chi connectivity index (χ3n) is 5.61. The van der Waals surface area contributed by atoms with Gasteiger partial charge < -0.3 is 9.88 Å². The number of aryl methyl sites for hydroxylation is 1. The van der Waals surface area contributed by atoms with Crippen LogP contribution in [-0.2, 0) is 6.54 Å². The van der Waals surface area contributed by atoms with Crippen molar-refractivity contribution < 1.29 is 4.79 Å². The van der Waals surface area contributed by atoms with Gasteiger partial charge in [0, 0.05) is 30.4 Å². The number of nitrogens with one attached hydrogen (secondary N) is 1. The lowest BCUT2D eigenvalue weighted by Gasteiger charge is -2.21. The van der Waals surface area contributed by atoms with Crippen LogP contribution < -0.4 is 5.32 Å². The molecule has 2 aromatic heterocycles. The molecule has 1 aliphatic carbocycles. The van der Waals surface area contributed by atoms with Crippen molar-refractivity contribution in [2.45, 2.75) is 52.0 Å². The van der Waals surface area contributed by atoms with Gasteiger partial charge in [0.25, 0.3) is 5.91 Å². The number of hydrogen-bond donors (Lipinski definition) is 1. The molecule has 4 rings (SSSR count). The summed E-state index contributed by atoms with van der Waals surface area (Å²) in [5.74, 6) is 1.50. The summed E-state index contributed by atoms with van der Waals surface area (Å²) in [6, 6.07) is 11.7. The Morgan fingerprint density at radius 3 is 2.86 bits per heavy atom. The van der Waals surface area contributed by atoms with Gasteiger partial charge in [-0.25, -0.2) is 9.97 Å². The Bertz CT molecular complexity index is 956. The van der Waals surface area contributed by atoms with E-state index in [2.05, 4.69) is 21.8 Å². The van der Waals surface area contributed by atoms with Gasteiger partial charge in [-0.1, -0.05) is 38.3 Å². The number of nitrogens with zero attached hydrogens (tertiary/aromatic N) is 3. The van der Waals surface area contributed by atoms with Gasteiger partial charge in [-0.3, -0.25) is 4.79 Å². The number of imidazole rings is 1. The summed E-state index contributed by atoms with van der Waals surface area (Å²) < 4.78 is 2.15. The van der Waals surface area contributed by atoms with E-state index in [9.17, 15) is 4.79 Å².